The number of hydrogen-bond donors (Lipinski definition) is 0. The van der Waals surface area contributed by atoms with E-state index in [2.05, 4.69) is 24.3 Å². The Labute approximate surface area is 185 Å². The van der Waals surface area contributed by atoms with Crippen LogP contribution in [-0.2, 0) is 4.79 Å². The van der Waals surface area contributed by atoms with E-state index >= 15 is 0 Å². The molecule has 158 valence electrons. The van der Waals surface area contributed by atoms with Gasteiger partial charge >= 0.3 is 0 Å². The summed E-state index contributed by atoms with van der Waals surface area (Å²) in [7, 11) is 1.63. The third kappa shape index (κ3) is 2.82. The van der Waals surface area contributed by atoms with Crippen molar-refractivity contribution in [3.05, 3.63) is 96.1 Å². The fourth-order valence-corrected chi connectivity index (χ4v) is 4.78. The molecule has 1 amide bonds. The van der Waals surface area contributed by atoms with Crippen LogP contribution in [-0.4, -0.2) is 19.8 Å². The molecule has 0 aromatic heterocycles. The van der Waals surface area contributed by atoms with E-state index in [1.54, 1.807) is 7.11 Å². The quantitative estimate of drug-likeness (QED) is 0.410. The molecule has 0 saturated carbocycles. The summed E-state index contributed by atoms with van der Waals surface area (Å²) in [6.45, 7) is 0.220. The molecule has 1 saturated heterocycles. The topological polar surface area (TPSA) is 48.0 Å². The van der Waals surface area contributed by atoms with Gasteiger partial charge in [0, 0.05) is 5.69 Å². The Morgan fingerprint density at radius 3 is 2.50 bits per heavy atom. The highest BCUT2D eigenvalue weighted by Gasteiger charge is 2.50. The molecule has 6 rings (SSSR count). The van der Waals surface area contributed by atoms with Crippen LogP contribution < -0.4 is 19.1 Å². The molecule has 0 aliphatic carbocycles. The zero-order valence-electron chi connectivity index (χ0n) is 17.5. The number of anilines is 1. The standard InChI is InChI=1S/C27H21NO4/c1-30-20-12-10-19(11-13-20)28-26(18-9-14-23-24(15-18)32-16-31-23)25(27(28)29)22-8-4-6-17-5-2-3-7-21(17)22/h2-15,25-26H,16H2,1H3. The highest BCUT2D eigenvalue weighted by atomic mass is 16.7. The minimum atomic E-state index is -0.288. The first-order chi connectivity index (χ1) is 15.7. The van der Waals surface area contributed by atoms with Crippen LogP contribution in [0.1, 0.15) is 23.1 Å². The van der Waals surface area contributed by atoms with Gasteiger partial charge in [-0.2, -0.15) is 0 Å². The SMILES string of the molecule is COc1ccc(N2C(=O)C(c3cccc4ccccc34)C2c2ccc3c(c2)OCO3)cc1. The van der Waals surface area contributed by atoms with Crippen LogP contribution in [0.4, 0.5) is 5.69 Å². The second kappa shape index (κ2) is 7.31. The summed E-state index contributed by atoms with van der Waals surface area (Å²) in [6, 6.07) is 27.8. The first-order valence-electron chi connectivity index (χ1n) is 10.6. The summed E-state index contributed by atoms with van der Waals surface area (Å²) < 4.78 is 16.4. The molecule has 2 atom stereocenters. The van der Waals surface area contributed by atoms with Gasteiger partial charge < -0.3 is 19.1 Å². The zero-order valence-corrected chi connectivity index (χ0v) is 17.5. The number of ether oxygens (including phenoxy) is 3. The number of rotatable bonds is 4. The number of nitrogens with zero attached hydrogens (tertiary/aromatic N) is 1. The first kappa shape index (κ1) is 18.8. The molecular formula is C27H21NO4. The van der Waals surface area contributed by atoms with Crippen molar-refractivity contribution in [2.45, 2.75) is 12.0 Å². The largest absolute Gasteiger partial charge is 0.497 e. The van der Waals surface area contributed by atoms with Crippen LogP contribution in [0.5, 0.6) is 17.2 Å². The summed E-state index contributed by atoms with van der Waals surface area (Å²) >= 11 is 0. The summed E-state index contributed by atoms with van der Waals surface area (Å²) in [4.78, 5) is 15.5. The summed E-state index contributed by atoms with van der Waals surface area (Å²) in [5, 5.41) is 2.23. The molecule has 5 nitrogen and oxygen atoms in total. The van der Waals surface area contributed by atoms with Gasteiger partial charge in [-0.1, -0.05) is 48.5 Å². The normalized spacial score (nSPS) is 19.2. The minimum Gasteiger partial charge on any atom is -0.497 e. The van der Waals surface area contributed by atoms with Gasteiger partial charge in [-0.3, -0.25) is 4.79 Å². The van der Waals surface area contributed by atoms with E-state index in [4.69, 9.17) is 14.2 Å². The van der Waals surface area contributed by atoms with E-state index in [-0.39, 0.29) is 24.7 Å². The lowest BCUT2D eigenvalue weighted by Gasteiger charge is -2.48. The van der Waals surface area contributed by atoms with Gasteiger partial charge in [-0.05, 0) is 58.3 Å². The second-order valence-corrected chi connectivity index (χ2v) is 8.01. The Balaban J connectivity index is 1.48. The minimum absolute atomic E-state index is 0.0780. The predicted octanol–water partition coefficient (Wildman–Crippen LogP) is 5.45. The highest BCUT2D eigenvalue weighted by molar-refractivity contribution is 6.09. The molecule has 32 heavy (non-hydrogen) atoms. The van der Waals surface area contributed by atoms with Crippen LogP contribution in [0.3, 0.4) is 0 Å². The third-order valence-corrected chi connectivity index (χ3v) is 6.34. The average molecular weight is 423 g/mol. The van der Waals surface area contributed by atoms with E-state index in [1.807, 2.05) is 65.6 Å². The van der Waals surface area contributed by atoms with Crippen molar-refractivity contribution in [1.29, 1.82) is 0 Å². The van der Waals surface area contributed by atoms with Crippen LogP contribution in [0, 0.1) is 0 Å². The van der Waals surface area contributed by atoms with Crippen molar-refractivity contribution in [2.75, 3.05) is 18.8 Å². The van der Waals surface area contributed by atoms with Gasteiger partial charge in [-0.25, -0.2) is 0 Å². The lowest BCUT2D eigenvalue weighted by molar-refractivity contribution is -0.126. The van der Waals surface area contributed by atoms with E-state index in [0.717, 1.165) is 39.1 Å². The van der Waals surface area contributed by atoms with Gasteiger partial charge in [0.25, 0.3) is 0 Å². The number of carbonyl (C=O) groups excluding carboxylic acids is 1. The van der Waals surface area contributed by atoms with Gasteiger partial charge in [0.05, 0.1) is 19.1 Å². The molecule has 4 aromatic rings. The number of β-lactam (4-membered cyclic amide) rings is 1. The summed E-state index contributed by atoms with van der Waals surface area (Å²) in [5.41, 5.74) is 2.90. The summed E-state index contributed by atoms with van der Waals surface area (Å²) in [5.74, 6) is 2.00. The fraction of sp³-hybridized carbons (Fsp3) is 0.148. The van der Waals surface area contributed by atoms with Gasteiger partial charge in [0.2, 0.25) is 12.7 Å². The van der Waals surface area contributed by atoms with Gasteiger partial charge in [0.15, 0.2) is 11.5 Å². The van der Waals surface area contributed by atoms with Crippen LogP contribution in [0.15, 0.2) is 84.9 Å². The van der Waals surface area contributed by atoms with Crippen molar-refractivity contribution < 1.29 is 19.0 Å². The van der Waals surface area contributed by atoms with E-state index in [9.17, 15) is 4.79 Å². The maximum absolute atomic E-state index is 13.6. The average Bonchev–Trinajstić information content (AvgIpc) is 3.31. The number of carbonyl (C=O) groups is 1. The molecule has 2 heterocycles. The van der Waals surface area contributed by atoms with Gasteiger partial charge in [-0.15, -0.1) is 0 Å². The van der Waals surface area contributed by atoms with Crippen molar-refractivity contribution >= 4 is 22.4 Å². The van der Waals surface area contributed by atoms with Crippen molar-refractivity contribution in [3.8, 4) is 17.2 Å². The number of amides is 1. The fourth-order valence-electron chi connectivity index (χ4n) is 4.78. The molecular weight excluding hydrogens is 402 g/mol. The van der Waals surface area contributed by atoms with Crippen molar-refractivity contribution in [1.82, 2.24) is 0 Å². The first-order valence-corrected chi connectivity index (χ1v) is 10.6. The Bertz CT molecular complexity index is 1330. The molecule has 4 aromatic carbocycles. The lowest BCUT2D eigenvalue weighted by atomic mass is 9.76. The molecule has 1 fully saturated rings. The van der Waals surface area contributed by atoms with Crippen LogP contribution >= 0.6 is 0 Å². The Hall–Kier alpha value is -3.99. The number of hydrogen-bond acceptors (Lipinski definition) is 4. The maximum Gasteiger partial charge on any atom is 0.237 e. The summed E-state index contributed by atoms with van der Waals surface area (Å²) in [6.07, 6.45) is 0. The molecule has 2 aliphatic rings. The zero-order chi connectivity index (χ0) is 21.7. The van der Waals surface area contributed by atoms with Crippen molar-refractivity contribution in [2.24, 2.45) is 0 Å². The Morgan fingerprint density at radius 1 is 0.875 bits per heavy atom. The van der Waals surface area contributed by atoms with Gasteiger partial charge in [0.1, 0.15) is 5.75 Å². The highest BCUT2D eigenvalue weighted by Crippen LogP contribution is 2.51. The second-order valence-electron chi connectivity index (χ2n) is 8.01. The number of methoxy groups -OCH3 is 1. The Kier molecular flexibility index (Phi) is 4.28. The Morgan fingerprint density at radius 2 is 1.66 bits per heavy atom. The molecule has 0 N–H and O–H groups in total. The van der Waals surface area contributed by atoms with E-state index in [0.29, 0.717) is 5.75 Å². The molecule has 5 heteroatoms. The smallest absolute Gasteiger partial charge is 0.237 e. The predicted molar refractivity (Wildman–Crippen MR) is 122 cm³/mol. The van der Waals surface area contributed by atoms with Crippen LogP contribution in [0.2, 0.25) is 0 Å². The van der Waals surface area contributed by atoms with Crippen LogP contribution in [0.25, 0.3) is 10.8 Å². The maximum atomic E-state index is 13.6. The molecule has 0 spiro atoms. The molecule has 0 radical (unpaired) electrons. The lowest BCUT2D eigenvalue weighted by Crippen LogP contribution is -2.53. The monoisotopic (exact) mass is 423 g/mol. The molecule has 2 unspecified atom stereocenters. The molecule has 0 bridgehead atoms. The van der Waals surface area contributed by atoms with Crippen molar-refractivity contribution in [3.63, 3.8) is 0 Å². The van der Waals surface area contributed by atoms with E-state index < -0.39 is 0 Å². The third-order valence-electron chi connectivity index (χ3n) is 6.34. The molecule has 2 aliphatic heterocycles. The van der Waals surface area contributed by atoms with E-state index in [1.165, 1.54) is 0 Å². The number of fused-ring (bicyclic) bond motifs is 2. The number of benzene rings is 4.